The van der Waals surface area contributed by atoms with Gasteiger partial charge in [0, 0.05) is 11.6 Å². The first-order chi connectivity index (χ1) is 18.0. The molecule has 8 heteroatoms. The van der Waals surface area contributed by atoms with Gasteiger partial charge in [0.15, 0.2) is 0 Å². The minimum absolute atomic E-state index is 0.138. The van der Waals surface area contributed by atoms with E-state index in [1.54, 1.807) is 6.07 Å². The second kappa shape index (κ2) is 9.51. The smallest absolute Gasteiger partial charge is 0.306 e. The zero-order valence-electron chi connectivity index (χ0n) is 23.4. The summed E-state index contributed by atoms with van der Waals surface area (Å²) in [5.41, 5.74) is 1.41. The number of alkyl halides is 6. The molecular weight excluding hydrogens is 514 g/mol. The van der Waals surface area contributed by atoms with Gasteiger partial charge in [-0.2, -0.15) is 26.3 Å². The summed E-state index contributed by atoms with van der Waals surface area (Å²) in [4.78, 5) is 4.49. The summed E-state index contributed by atoms with van der Waals surface area (Å²) in [5, 5.41) is 0. The van der Waals surface area contributed by atoms with Crippen LogP contribution in [-0.2, 0) is 29.7 Å². The molecule has 2 aromatic carbocycles. The Morgan fingerprint density at radius 3 is 2.08 bits per heavy atom. The largest absolute Gasteiger partial charge is 0.416 e. The van der Waals surface area contributed by atoms with Crippen LogP contribution in [0.2, 0.25) is 0 Å². The van der Waals surface area contributed by atoms with Crippen molar-refractivity contribution in [3.63, 3.8) is 0 Å². The molecule has 39 heavy (non-hydrogen) atoms. The van der Waals surface area contributed by atoms with Crippen LogP contribution in [0.5, 0.6) is 0 Å². The van der Waals surface area contributed by atoms with E-state index in [9.17, 15) is 26.3 Å². The lowest BCUT2D eigenvalue weighted by Gasteiger charge is -2.40. The quantitative estimate of drug-likeness (QED) is 0.353. The molecule has 5 rings (SSSR count). The third-order valence-corrected chi connectivity index (χ3v) is 9.27. The standard InChI is InChI=1S/C31H38F6N2/c1-28(2,3)25-17-22(31(35,36)37)15-20(27(25)19-10-13-38(5)14-11-19)18-29(4)24-9-8-21(30(32,33)34)16-23(24)26-7-6-12-39(26)29/h8-9,15-17,19,26H,6-7,10-14,18H2,1-5H3/t26?,29-/m1/s1. The van der Waals surface area contributed by atoms with Crippen LogP contribution in [-0.4, -0.2) is 36.5 Å². The highest BCUT2D eigenvalue weighted by Crippen LogP contribution is 2.54. The highest BCUT2D eigenvalue weighted by Gasteiger charge is 2.50. The molecule has 2 saturated heterocycles. The highest BCUT2D eigenvalue weighted by atomic mass is 19.4. The lowest BCUT2D eigenvalue weighted by Crippen LogP contribution is -2.40. The maximum atomic E-state index is 14.3. The number of piperidine rings is 1. The second-order valence-corrected chi connectivity index (χ2v) is 13.0. The topological polar surface area (TPSA) is 6.48 Å². The van der Waals surface area contributed by atoms with Crippen LogP contribution in [0.15, 0.2) is 30.3 Å². The molecule has 3 aliphatic heterocycles. The monoisotopic (exact) mass is 552 g/mol. The second-order valence-electron chi connectivity index (χ2n) is 13.0. The first kappa shape index (κ1) is 28.5. The molecule has 0 aliphatic carbocycles. The van der Waals surface area contributed by atoms with Crippen LogP contribution in [0, 0.1) is 0 Å². The molecule has 3 aliphatic rings. The van der Waals surface area contributed by atoms with Gasteiger partial charge in [-0.05, 0) is 129 Å². The minimum Gasteiger partial charge on any atom is -0.306 e. The summed E-state index contributed by atoms with van der Waals surface area (Å²) in [6.45, 7) is 10.4. The third-order valence-electron chi connectivity index (χ3n) is 9.27. The number of fused-ring (bicyclic) bond motifs is 3. The zero-order chi connectivity index (χ0) is 28.5. The maximum absolute atomic E-state index is 14.3. The fourth-order valence-corrected chi connectivity index (χ4v) is 7.33. The minimum atomic E-state index is -4.49. The van der Waals surface area contributed by atoms with E-state index in [1.165, 1.54) is 18.2 Å². The SMILES string of the molecule is CN1CCC(c2c(C[C@]3(C)c4ccc(C(F)(F)F)cc4C4CCCN43)cc(C(F)(F)F)cc2C(C)(C)C)CC1. The van der Waals surface area contributed by atoms with Crippen molar-refractivity contribution in [1.82, 2.24) is 9.80 Å². The van der Waals surface area contributed by atoms with Crippen molar-refractivity contribution in [3.8, 4) is 0 Å². The van der Waals surface area contributed by atoms with E-state index in [0.29, 0.717) is 24.1 Å². The average molecular weight is 553 g/mol. The molecule has 1 unspecified atom stereocenters. The predicted octanol–water partition coefficient (Wildman–Crippen LogP) is 8.44. The van der Waals surface area contributed by atoms with Gasteiger partial charge in [0.25, 0.3) is 0 Å². The predicted molar refractivity (Wildman–Crippen MR) is 141 cm³/mol. The molecule has 2 atom stereocenters. The molecule has 3 heterocycles. The average Bonchev–Trinajstić information content (AvgIpc) is 3.40. The summed E-state index contributed by atoms with van der Waals surface area (Å²) in [5.74, 6) is 0.138. The Hall–Kier alpha value is -2.06. The van der Waals surface area contributed by atoms with Crippen molar-refractivity contribution >= 4 is 0 Å². The number of halogens is 6. The Labute approximate surface area is 227 Å². The van der Waals surface area contributed by atoms with Gasteiger partial charge in [0.1, 0.15) is 0 Å². The molecule has 0 radical (unpaired) electrons. The van der Waals surface area contributed by atoms with Crippen LogP contribution in [0.25, 0.3) is 0 Å². The summed E-state index contributed by atoms with van der Waals surface area (Å²) >= 11 is 0. The maximum Gasteiger partial charge on any atom is 0.416 e. The van der Waals surface area contributed by atoms with Gasteiger partial charge in [0.2, 0.25) is 0 Å². The molecule has 0 aromatic heterocycles. The van der Waals surface area contributed by atoms with E-state index in [-0.39, 0.29) is 12.0 Å². The Morgan fingerprint density at radius 2 is 1.49 bits per heavy atom. The van der Waals surface area contributed by atoms with E-state index in [4.69, 9.17) is 0 Å². The van der Waals surface area contributed by atoms with Crippen molar-refractivity contribution in [1.29, 1.82) is 0 Å². The van der Waals surface area contributed by atoms with Gasteiger partial charge < -0.3 is 4.90 Å². The van der Waals surface area contributed by atoms with E-state index in [2.05, 4.69) is 16.8 Å². The van der Waals surface area contributed by atoms with Crippen molar-refractivity contribution < 1.29 is 26.3 Å². The van der Waals surface area contributed by atoms with Gasteiger partial charge >= 0.3 is 12.4 Å². The van der Waals surface area contributed by atoms with Crippen molar-refractivity contribution in [2.24, 2.45) is 0 Å². The van der Waals surface area contributed by atoms with Crippen molar-refractivity contribution in [2.45, 2.75) is 95.1 Å². The summed E-state index contributed by atoms with van der Waals surface area (Å²) in [6.07, 6.45) is -5.27. The lowest BCUT2D eigenvalue weighted by atomic mass is 9.72. The summed E-state index contributed by atoms with van der Waals surface area (Å²) in [7, 11) is 2.06. The van der Waals surface area contributed by atoms with Gasteiger partial charge in [-0.25, -0.2) is 0 Å². The van der Waals surface area contributed by atoms with E-state index in [1.807, 2.05) is 27.7 Å². The van der Waals surface area contributed by atoms with Crippen LogP contribution >= 0.6 is 0 Å². The molecule has 0 spiro atoms. The molecule has 0 N–H and O–H groups in total. The molecule has 0 bridgehead atoms. The fourth-order valence-electron chi connectivity index (χ4n) is 7.33. The number of likely N-dealkylation sites (tertiary alicyclic amines) is 1. The van der Waals surface area contributed by atoms with E-state index in [0.717, 1.165) is 61.5 Å². The number of benzene rings is 2. The molecule has 0 amide bonds. The Balaban J connectivity index is 1.69. The van der Waals surface area contributed by atoms with Crippen LogP contribution in [0.3, 0.4) is 0 Å². The third kappa shape index (κ3) is 5.12. The Kier molecular flexibility index (Phi) is 6.94. The normalized spacial score (nSPS) is 25.3. The molecular formula is C31H38F6N2. The molecule has 0 saturated carbocycles. The van der Waals surface area contributed by atoms with Crippen molar-refractivity contribution in [2.75, 3.05) is 26.7 Å². The number of hydrogen-bond donors (Lipinski definition) is 0. The van der Waals surface area contributed by atoms with Gasteiger partial charge in [0.05, 0.1) is 11.1 Å². The first-order valence-corrected chi connectivity index (χ1v) is 13.9. The van der Waals surface area contributed by atoms with Gasteiger partial charge in [-0.3, -0.25) is 4.90 Å². The lowest BCUT2D eigenvalue weighted by molar-refractivity contribution is -0.138. The first-order valence-electron chi connectivity index (χ1n) is 13.9. The summed E-state index contributed by atoms with van der Waals surface area (Å²) < 4.78 is 83.6. The van der Waals surface area contributed by atoms with Crippen LogP contribution in [0.1, 0.15) is 104 Å². The van der Waals surface area contributed by atoms with Crippen LogP contribution < -0.4 is 0 Å². The zero-order valence-corrected chi connectivity index (χ0v) is 23.4. The number of hydrogen-bond acceptors (Lipinski definition) is 2. The van der Waals surface area contributed by atoms with Crippen molar-refractivity contribution in [3.05, 3.63) is 69.3 Å². The molecule has 2 fully saturated rings. The van der Waals surface area contributed by atoms with E-state index < -0.39 is 34.4 Å². The highest BCUT2D eigenvalue weighted by molar-refractivity contribution is 5.50. The molecule has 2 nitrogen and oxygen atoms in total. The fraction of sp³-hybridized carbons (Fsp3) is 0.613. The molecule has 214 valence electrons. The van der Waals surface area contributed by atoms with Gasteiger partial charge in [-0.15, -0.1) is 0 Å². The molecule has 2 aromatic rings. The van der Waals surface area contributed by atoms with Crippen LogP contribution in [0.4, 0.5) is 26.3 Å². The number of nitrogens with zero attached hydrogens (tertiary/aromatic N) is 2. The Bertz CT molecular complexity index is 1230. The number of rotatable bonds is 3. The van der Waals surface area contributed by atoms with Gasteiger partial charge in [-0.1, -0.05) is 26.8 Å². The Morgan fingerprint density at radius 1 is 0.846 bits per heavy atom. The summed E-state index contributed by atoms with van der Waals surface area (Å²) in [6, 6.07) is 6.51. The van der Waals surface area contributed by atoms with E-state index >= 15 is 0 Å².